The Bertz CT molecular complexity index is 1400. The summed E-state index contributed by atoms with van der Waals surface area (Å²) in [6.45, 7) is 1.92. The molecule has 0 N–H and O–H groups in total. The van der Waals surface area contributed by atoms with Gasteiger partial charge in [0, 0.05) is 26.1 Å². The Hall–Kier alpha value is -4.00. The number of piperidine rings is 1. The molecular formula is C21H18N8O2. The third-order valence-electron chi connectivity index (χ3n) is 6.35. The van der Waals surface area contributed by atoms with Gasteiger partial charge in [-0.25, -0.2) is 9.97 Å². The lowest BCUT2D eigenvalue weighted by atomic mass is 10.1. The summed E-state index contributed by atoms with van der Waals surface area (Å²) in [6, 6.07) is 9.96. The first-order chi connectivity index (χ1) is 15.1. The van der Waals surface area contributed by atoms with Crippen LogP contribution >= 0.6 is 0 Å². The number of para-hydroxylation sites is 1. The van der Waals surface area contributed by atoms with Gasteiger partial charge in [0.15, 0.2) is 17.0 Å². The second-order valence-corrected chi connectivity index (χ2v) is 8.14. The molecule has 4 aromatic rings. The molecule has 0 amide bonds. The molecule has 1 aromatic carbocycles. The standard InChI is InChI=1S/C21H18N8O2/c1-27-10-23-20-18(27)21(30)29(11-24-20)9-16-25-19(26-31-16)17-13-7-28(8-14(13)17)15-5-3-2-4-12(15)6-22/h2-5,10-11,13-14,17H,7-9H2,1H3/t13-,14+,17?. The fourth-order valence-electron chi connectivity index (χ4n) is 4.75. The molecule has 3 atom stereocenters. The van der Waals surface area contributed by atoms with Crippen molar-refractivity contribution < 1.29 is 4.52 Å². The van der Waals surface area contributed by atoms with E-state index in [9.17, 15) is 10.1 Å². The second-order valence-electron chi connectivity index (χ2n) is 8.14. The van der Waals surface area contributed by atoms with Crippen molar-refractivity contribution >= 4 is 16.9 Å². The van der Waals surface area contributed by atoms with Crippen LogP contribution in [0.3, 0.4) is 0 Å². The minimum atomic E-state index is -0.195. The third kappa shape index (κ3) is 2.73. The summed E-state index contributed by atoms with van der Waals surface area (Å²) in [5, 5.41) is 13.5. The van der Waals surface area contributed by atoms with Gasteiger partial charge in [-0.2, -0.15) is 10.2 Å². The van der Waals surface area contributed by atoms with E-state index < -0.39 is 0 Å². The van der Waals surface area contributed by atoms with Crippen LogP contribution in [-0.2, 0) is 13.6 Å². The Morgan fingerprint density at radius 2 is 1.97 bits per heavy atom. The molecule has 4 heterocycles. The van der Waals surface area contributed by atoms with Crippen LogP contribution in [0.25, 0.3) is 11.2 Å². The van der Waals surface area contributed by atoms with E-state index in [1.807, 2.05) is 24.3 Å². The van der Waals surface area contributed by atoms with E-state index in [2.05, 4.69) is 31.1 Å². The van der Waals surface area contributed by atoms with Crippen LogP contribution in [0.4, 0.5) is 5.69 Å². The number of imidazole rings is 1. The summed E-state index contributed by atoms with van der Waals surface area (Å²) in [5.74, 6) is 2.25. The highest BCUT2D eigenvalue weighted by molar-refractivity contribution is 5.68. The zero-order valence-corrected chi connectivity index (χ0v) is 16.7. The molecule has 0 radical (unpaired) electrons. The van der Waals surface area contributed by atoms with Crippen LogP contribution in [-0.4, -0.2) is 42.3 Å². The van der Waals surface area contributed by atoms with Gasteiger partial charge >= 0.3 is 0 Å². The maximum absolute atomic E-state index is 12.7. The van der Waals surface area contributed by atoms with E-state index in [1.54, 1.807) is 17.9 Å². The maximum atomic E-state index is 12.7. The Morgan fingerprint density at radius 1 is 1.19 bits per heavy atom. The van der Waals surface area contributed by atoms with Crippen LogP contribution in [0.2, 0.25) is 0 Å². The van der Waals surface area contributed by atoms with Crippen LogP contribution in [0.5, 0.6) is 0 Å². The van der Waals surface area contributed by atoms with Crippen molar-refractivity contribution in [2.45, 2.75) is 12.5 Å². The Labute approximate surface area is 176 Å². The highest BCUT2D eigenvalue weighted by atomic mass is 16.5. The number of fused-ring (bicyclic) bond motifs is 2. The predicted molar refractivity (Wildman–Crippen MR) is 109 cm³/mol. The summed E-state index contributed by atoms with van der Waals surface area (Å²) in [5.41, 5.74) is 2.36. The third-order valence-corrected chi connectivity index (χ3v) is 6.35. The van der Waals surface area contributed by atoms with Crippen molar-refractivity contribution in [1.82, 2.24) is 29.2 Å². The highest BCUT2D eigenvalue weighted by Gasteiger charge is 2.58. The van der Waals surface area contributed by atoms with Crippen molar-refractivity contribution in [3.8, 4) is 6.07 Å². The SMILES string of the molecule is Cn1cnc2ncn(Cc3nc(C4[C@H]5CN(c6ccccc6C#N)C[C@@H]45)no3)c(=O)c21. The number of rotatable bonds is 4. The van der Waals surface area contributed by atoms with Gasteiger partial charge in [-0.05, 0) is 24.0 Å². The molecule has 1 unspecified atom stereocenters. The topological polar surface area (TPSA) is 119 Å². The normalized spacial score (nSPS) is 21.9. The van der Waals surface area contributed by atoms with Gasteiger partial charge in [0.1, 0.15) is 18.9 Å². The lowest BCUT2D eigenvalue weighted by molar-refractivity contribution is 0.363. The minimum absolute atomic E-state index is 0.170. The Balaban J connectivity index is 1.17. The number of aromatic nitrogens is 6. The van der Waals surface area contributed by atoms with Crippen molar-refractivity contribution in [2.24, 2.45) is 18.9 Å². The molecule has 1 saturated heterocycles. The quantitative estimate of drug-likeness (QED) is 0.490. The molecule has 154 valence electrons. The van der Waals surface area contributed by atoms with Crippen LogP contribution < -0.4 is 10.5 Å². The van der Waals surface area contributed by atoms with Crippen molar-refractivity contribution in [3.05, 3.63) is 64.6 Å². The molecule has 1 aliphatic carbocycles. The number of nitrogens with zero attached hydrogens (tertiary/aromatic N) is 8. The van der Waals surface area contributed by atoms with Crippen molar-refractivity contribution in [1.29, 1.82) is 5.26 Å². The van der Waals surface area contributed by atoms with Crippen LogP contribution in [0.15, 0.2) is 46.2 Å². The minimum Gasteiger partial charge on any atom is -0.370 e. The monoisotopic (exact) mass is 414 g/mol. The molecule has 10 heteroatoms. The smallest absolute Gasteiger partial charge is 0.280 e. The molecule has 0 spiro atoms. The van der Waals surface area contributed by atoms with Gasteiger partial charge in [-0.3, -0.25) is 9.36 Å². The molecule has 2 aliphatic rings. The molecule has 1 saturated carbocycles. The highest BCUT2D eigenvalue weighted by Crippen LogP contribution is 2.58. The van der Waals surface area contributed by atoms with E-state index >= 15 is 0 Å². The predicted octanol–water partition coefficient (Wildman–Crippen LogP) is 1.28. The number of hydrogen-bond acceptors (Lipinski definition) is 8. The van der Waals surface area contributed by atoms with Gasteiger partial charge in [0.25, 0.3) is 5.56 Å². The van der Waals surface area contributed by atoms with Gasteiger partial charge in [0.2, 0.25) is 5.89 Å². The average Bonchev–Trinajstić information content (AvgIpc) is 3.21. The summed E-state index contributed by atoms with van der Waals surface area (Å²) >= 11 is 0. The van der Waals surface area contributed by atoms with Gasteiger partial charge < -0.3 is 14.0 Å². The fraction of sp³-hybridized carbons (Fsp3) is 0.333. The first-order valence-electron chi connectivity index (χ1n) is 10.1. The maximum Gasteiger partial charge on any atom is 0.280 e. The van der Waals surface area contributed by atoms with E-state index in [0.29, 0.717) is 40.3 Å². The largest absolute Gasteiger partial charge is 0.370 e. The molecule has 0 bridgehead atoms. The molecule has 6 rings (SSSR count). The van der Waals surface area contributed by atoms with Gasteiger partial charge in [0.05, 0.1) is 17.6 Å². The van der Waals surface area contributed by atoms with Crippen molar-refractivity contribution in [2.75, 3.05) is 18.0 Å². The molecule has 2 fully saturated rings. The number of benzene rings is 1. The second kappa shape index (κ2) is 6.50. The zero-order valence-electron chi connectivity index (χ0n) is 16.7. The Kier molecular flexibility index (Phi) is 3.74. The molecule has 10 nitrogen and oxygen atoms in total. The number of aryl methyl sites for hydroxylation is 1. The first kappa shape index (κ1) is 17.8. The lowest BCUT2D eigenvalue weighted by Crippen LogP contribution is -2.24. The van der Waals surface area contributed by atoms with Crippen LogP contribution in [0, 0.1) is 23.2 Å². The molecule has 1 aliphatic heterocycles. The zero-order chi connectivity index (χ0) is 21.1. The fourth-order valence-corrected chi connectivity index (χ4v) is 4.75. The molecule has 31 heavy (non-hydrogen) atoms. The van der Waals surface area contributed by atoms with E-state index in [1.165, 1.54) is 10.9 Å². The number of hydrogen-bond donors (Lipinski definition) is 0. The molecular weight excluding hydrogens is 396 g/mol. The first-order valence-corrected chi connectivity index (χ1v) is 10.1. The Morgan fingerprint density at radius 3 is 2.77 bits per heavy atom. The number of nitriles is 1. The van der Waals surface area contributed by atoms with Crippen LogP contribution in [0.1, 0.15) is 23.2 Å². The van der Waals surface area contributed by atoms with E-state index in [4.69, 9.17) is 4.52 Å². The van der Waals surface area contributed by atoms with E-state index in [-0.39, 0.29) is 18.0 Å². The van der Waals surface area contributed by atoms with E-state index in [0.717, 1.165) is 18.8 Å². The summed E-state index contributed by atoms with van der Waals surface area (Å²) in [6.07, 6.45) is 3.02. The number of anilines is 1. The lowest BCUT2D eigenvalue weighted by Gasteiger charge is -2.22. The molecule has 3 aromatic heterocycles. The average molecular weight is 414 g/mol. The van der Waals surface area contributed by atoms with Gasteiger partial charge in [-0.1, -0.05) is 17.3 Å². The summed E-state index contributed by atoms with van der Waals surface area (Å²) in [7, 11) is 1.76. The summed E-state index contributed by atoms with van der Waals surface area (Å²) in [4.78, 5) is 27.8. The van der Waals surface area contributed by atoms with Crippen molar-refractivity contribution in [3.63, 3.8) is 0 Å². The van der Waals surface area contributed by atoms with Gasteiger partial charge in [-0.15, -0.1) is 0 Å². The summed E-state index contributed by atoms with van der Waals surface area (Å²) < 4.78 is 8.54.